The highest BCUT2D eigenvalue weighted by molar-refractivity contribution is 6.16. The van der Waals surface area contributed by atoms with E-state index >= 15 is 9.59 Å². The van der Waals surface area contributed by atoms with Gasteiger partial charge in [0.1, 0.15) is 55.4 Å². The van der Waals surface area contributed by atoms with Crippen molar-refractivity contribution in [3.63, 3.8) is 0 Å². The molecule has 0 fully saturated rings. The third kappa shape index (κ3) is 12.0. The molecule has 0 aliphatic carbocycles. The molecule has 0 saturated carbocycles. The van der Waals surface area contributed by atoms with E-state index in [1.54, 1.807) is 96.0 Å². The number of aromatic amines is 1. The minimum absolute atomic E-state index is 0.0643. The number of anilines is 4. The third-order valence-electron chi connectivity index (χ3n) is 14.8. The maximum atomic E-state index is 15.6. The molecule has 10 rings (SSSR count). The standard InChI is InChI=1S/C62H69N15O10/c1-84-33-72-49-11-6-43(24-39(49)29-53(72)57(78)67-19-15-63)76(44-7-12-50-40(25-44)30-54(73(50)34-85-2)58(79)68-20-16-64)61(82)37-5-10-47-38(23-37)28-48(71-47)62(83)77(45-8-13-51-41(26-45)31-55(74(51)35-86-3)59(80)69-21-17-65)46-9-14-52-42(27-46)32-56(75(52)36-87-4)60(81)70-22-18-66/h5-14,23-32,71H,15-22,33-36,63-66H2,1-4H3,(H,67,78)(H,68,79)(H,69,80)(H,70,81). The Kier molecular flexibility index (Phi) is 18.5. The molecule has 452 valence electrons. The lowest BCUT2D eigenvalue weighted by atomic mass is 10.1. The number of benzene rings is 5. The fourth-order valence-corrected chi connectivity index (χ4v) is 10.9. The Balaban J connectivity index is 1.09. The fraction of sp³-hybridized carbons (Fsp3) is 0.258. The first-order chi connectivity index (χ1) is 42.3. The lowest BCUT2D eigenvalue weighted by Gasteiger charge is -2.24. The number of H-pyrrole nitrogens is 1. The molecular formula is C62H69N15O10. The molecule has 13 N–H and O–H groups in total. The second-order valence-corrected chi connectivity index (χ2v) is 20.4. The van der Waals surface area contributed by atoms with Crippen LogP contribution < -0.4 is 54.0 Å². The number of aromatic nitrogens is 5. The molecule has 0 bridgehead atoms. The van der Waals surface area contributed by atoms with Crippen LogP contribution in [0, 0.1) is 0 Å². The summed E-state index contributed by atoms with van der Waals surface area (Å²) in [6.45, 7) is 2.25. The highest BCUT2D eigenvalue weighted by Crippen LogP contribution is 2.38. The van der Waals surface area contributed by atoms with Crippen LogP contribution in [-0.4, -0.2) is 139 Å². The predicted octanol–water partition coefficient (Wildman–Crippen LogP) is 5.11. The van der Waals surface area contributed by atoms with Gasteiger partial charge in [-0.1, -0.05) is 0 Å². The molecule has 0 saturated heterocycles. The number of ether oxygens (including phenoxy) is 4. The molecule has 25 heteroatoms. The van der Waals surface area contributed by atoms with Gasteiger partial charge in [-0.2, -0.15) is 0 Å². The van der Waals surface area contributed by atoms with E-state index in [0.29, 0.717) is 100 Å². The van der Waals surface area contributed by atoms with Gasteiger partial charge in [0.15, 0.2) is 0 Å². The summed E-state index contributed by atoms with van der Waals surface area (Å²) in [5.41, 5.74) is 29.6. The third-order valence-corrected chi connectivity index (χ3v) is 14.8. The topological polar surface area (TPSA) is 334 Å². The summed E-state index contributed by atoms with van der Waals surface area (Å²) in [5, 5.41) is 14.4. The normalized spacial score (nSPS) is 11.5. The van der Waals surface area contributed by atoms with Crippen molar-refractivity contribution >= 4 is 113 Å². The Morgan fingerprint density at radius 3 is 1.00 bits per heavy atom. The quantitative estimate of drug-likeness (QED) is 0.0340. The van der Waals surface area contributed by atoms with Crippen molar-refractivity contribution in [1.82, 2.24) is 44.5 Å². The molecule has 5 aromatic heterocycles. The van der Waals surface area contributed by atoms with E-state index in [4.69, 9.17) is 41.9 Å². The molecule has 0 spiro atoms. The van der Waals surface area contributed by atoms with E-state index in [2.05, 4.69) is 26.3 Å². The monoisotopic (exact) mass is 1180 g/mol. The zero-order chi connectivity index (χ0) is 61.5. The maximum absolute atomic E-state index is 15.6. The van der Waals surface area contributed by atoms with Gasteiger partial charge in [0, 0.05) is 130 Å². The molecule has 0 aliphatic heterocycles. The summed E-state index contributed by atoms with van der Waals surface area (Å²) < 4.78 is 29.0. The second-order valence-electron chi connectivity index (χ2n) is 20.4. The molecule has 5 aromatic carbocycles. The van der Waals surface area contributed by atoms with Crippen LogP contribution >= 0.6 is 0 Å². The van der Waals surface area contributed by atoms with E-state index in [0.717, 1.165) is 0 Å². The first-order valence-electron chi connectivity index (χ1n) is 28.0. The summed E-state index contributed by atoms with van der Waals surface area (Å²) in [5.74, 6) is -2.34. The van der Waals surface area contributed by atoms with E-state index < -0.39 is 11.8 Å². The van der Waals surface area contributed by atoms with Crippen LogP contribution in [0.4, 0.5) is 22.7 Å². The molecule has 25 nitrogen and oxygen atoms in total. The van der Waals surface area contributed by atoms with Crippen LogP contribution in [0.2, 0.25) is 0 Å². The highest BCUT2D eigenvalue weighted by Gasteiger charge is 2.29. The van der Waals surface area contributed by atoms with E-state index in [1.807, 2.05) is 48.5 Å². The van der Waals surface area contributed by atoms with Crippen LogP contribution in [0.15, 0.2) is 121 Å². The molecule has 5 heterocycles. The molecular weight excluding hydrogens is 1110 g/mol. The number of carbonyl (C=O) groups is 6. The molecule has 0 atom stereocenters. The van der Waals surface area contributed by atoms with Crippen molar-refractivity contribution in [2.24, 2.45) is 22.9 Å². The Bertz CT molecular complexity index is 3800. The summed E-state index contributed by atoms with van der Waals surface area (Å²) >= 11 is 0. The molecule has 6 amide bonds. The number of carbonyl (C=O) groups excluding carboxylic acids is 6. The lowest BCUT2D eigenvalue weighted by molar-refractivity contribution is 0.0911. The fourth-order valence-electron chi connectivity index (χ4n) is 10.9. The van der Waals surface area contributed by atoms with Gasteiger partial charge in [-0.3, -0.25) is 38.6 Å². The van der Waals surface area contributed by atoms with Gasteiger partial charge < -0.3 is 86.4 Å². The van der Waals surface area contributed by atoms with E-state index in [1.165, 1.54) is 33.3 Å². The number of hydrogen-bond donors (Lipinski definition) is 9. The van der Waals surface area contributed by atoms with Gasteiger partial charge in [-0.15, -0.1) is 0 Å². The number of nitrogens with zero attached hydrogens (tertiary/aromatic N) is 6. The van der Waals surface area contributed by atoms with Gasteiger partial charge in [-0.05, 0) is 121 Å². The lowest BCUT2D eigenvalue weighted by Crippen LogP contribution is -2.30. The van der Waals surface area contributed by atoms with Gasteiger partial charge in [-0.25, -0.2) is 0 Å². The number of hydrogen-bond acceptors (Lipinski definition) is 14. The average Bonchev–Trinajstić information content (AvgIpc) is 2.10. The van der Waals surface area contributed by atoms with Crippen LogP contribution in [0.1, 0.15) is 62.8 Å². The Morgan fingerprint density at radius 1 is 0.391 bits per heavy atom. The number of rotatable bonds is 26. The highest BCUT2D eigenvalue weighted by atomic mass is 16.5. The Hall–Kier alpha value is -9.70. The minimum atomic E-state index is -0.483. The molecule has 10 aromatic rings. The summed E-state index contributed by atoms with van der Waals surface area (Å²) in [6, 6.07) is 35.3. The van der Waals surface area contributed by atoms with Gasteiger partial charge in [0.2, 0.25) is 0 Å². The number of amides is 6. The van der Waals surface area contributed by atoms with Crippen LogP contribution in [-0.2, 0) is 45.9 Å². The number of nitrogens with two attached hydrogens (primary N) is 4. The Morgan fingerprint density at radius 2 is 0.701 bits per heavy atom. The number of methoxy groups -OCH3 is 4. The van der Waals surface area contributed by atoms with Gasteiger partial charge >= 0.3 is 0 Å². The minimum Gasteiger partial charge on any atom is -0.364 e. The van der Waals surface area contributed by atoms with Crippen molar-refractivity contribution in [2.75, 3.05) is 90.6 Å². The van der Waals surface area contributed by atoms with Gasteiger partial charge in [0.25, 0.3) is 35.4 Å². The van der Waals surface area contributed by atoms with Crippen molar-refractivity contribution in [3.05, 3.63) is 155 Å². The Labute approximate surface area is 498 Å². The van der Waals surface area contributed by atoms with Crippen molar-refractivity contribution in [1.29, 1.82) is 0 Å². The van der Waals surface area contributed by atoms with Crippen LogP contribution in [0.5, 0.6) is 0 Å². The molecule has 0 aliphatic rings. The number of fused-ring (bicyclic) bond motifs is 5. The van der Waals surface area contributed by atoms with E-state index in [9.17, 15) is 19.2 Å². The van der Waals surface area contributed by atoms with Crippen molar-refractivity contribution in [2.45, 2.75) is 26.9 Å². The first kappa shape index (κ1) is 60.4. The maximum Gasteiger partial charge on any atom is 0.279 e. The first-order valence-corrected chi connectivity index (χ1v) is 28.0. The van der Waals surface area contributed by atoms with Crippen LogP contribution in [0.3, 0.4) is 0 Å². The smallest absolute Gasteiger partial charge is 0.279 e. The van der Waals surface area contributed by atoms with Crippen molar-refractivity contribution in [3.8, 4) is 0 Å². The summed E-state index contributed by atoms with van der Waals surface area (Å²) in [4.78, 5) is 91.4. The summed E-state index contributed by atoms with van der Waals surface area (Å²) in [6.07, 6.45) is 0. The van der Waals surface area contributed by atoms with Gasteiger partial charge in [0.05, 0.1) is 33.4 Å². The average molecular weight is 1180 g/mol. The second kappa shape index (κ2) is 26.7. The summed E-state index contributed by atoms with van der Waals surface area (Å²) in [7, 11) is 6.12. The number of nitrogens with one attached hydrogen (secondary N) is 5. The predicted molar refractivity (Wildman–Crippen MR) is 333 cm³/mol. The SMILES string of the molecule is COCn1c(C(=O)NCCN)cc2cc(N(C(=O)c3ccc4[nH]c(C(=O)N(c5ccc6c(c5)cc(C(=O)NCCN)n6COC)c5ccc6c(c5)cc(C(=O)NCCN)n6COC)cc4c3)c3ccc4c(c3)cc(C(=O)NCCN)n4COC)ccc21. The largest absolute Gasteiger partial charge is 0.364 e. The van der Waals surface area contributed by atoms with Crippen LogP contribution in [0.25, 0.3) is 54.5 Å². The zero-order valence-corrected chi connectivity index (χ0v) is 48.6. The molecule has 0 radical (unpaired) electrons. The van der Waals surface area contributed by atoms with Crippen molar-refractivity contribution < 1.29 is 47.7 Å². The molecule has 0 unspecified atom stereocenters. The zero-order valence-electron chi connectivity index (χ0n) is 48.6. The van der Waals surface area contributed by atoms with E-state index in [-0.39, 0.29) is 114 Å². The molecule has 87 heavy (non-hydrogen) atoms.